The summed E-state index contributed by atoms with van der Waals surface area (Å²) >= 11 is 0. The molecule has 0 saturated carbocycles. The van der Waals surface area contributed by atoms with E-state index in [-0.39, 0.29) is 5.91 Å². The first-order chi connectivity index (χ1) is 6.17. The van der Waals surface area contributed by atoms with Gasteiger partial charge in [-0.15, -0.1) is 0 Å². The van der Waals surface area contributed by atoms with Gasteiger partial charge in [-0.2, -0.15) is 0 Å². The fourth-order valence-electron chi connectivity index (χ4n) is 2.14. The van der Waals surface area contributed by atoms with Crippen LogP contribution in [0.1, 0.15) is 20.3 Å². The van der Waals surface area contributed by atoms with Crippen LogP contribution in [-0.4, -0.2) is 42.5 Å². The van der Waals surface area contributed by atoms with Gasteiger partial charge < -0.3 is 11.1 Å². The Morgan fingerprint density at radius 3 is 2.46 bits per heavy atom. The lowest BCUT2D eigenvalue weighted by Crippen LogP contribution is -2.58. The minimum absolute atomic E-state index is 0.193. The number of carbonyl (C=O) groups excluding carboxylic acids is 1. The summed E-state index contributed by atoms with van der Waals surface area (Å²) in [7, 11) is 0. The van der Waals surface area contributed by atoms with E-state index in [1.54, 1.807) is 0 Å². The van der Waals surface area contributed by atoms with Crippen LogP contribution in [0.25, 0.3) is 0 Å². The minimum atomic E-state index is -0.427. The standard InChI is InChI=1S/C9H19N3O/c1-3-12(4-2)9(8(10)13)5-6-11-7-9/h11H,3-7H2,1-2H3,(H2,10,13). The highest BCUT2D eigenvalue weighted by atomic mass is 16.1. The molecule has 0 bridgehead atoms. The lowest BCUT2D eigenvalue weighted by atomic mass is 9.95. The molecule has 0 radical (unpaired) electrons. The molecular weight excluding hydrogens is 166 g/mol. The molecule has 0 aromatic heterocycles. The highest BCUT2D eigenvalue weighted by molar-refractivity contribution is 5.85. The largest absolute Gasteiger partial charge is 0.368 e. The van der Waals surface area contributed by atoms with Crippen LogP contribution in [0, 0.1) is 0 Å². The van der Waals surface area contributed by atoms with E-state index in [0.717, 1.165) is 26.1 Å². The zero-order valence-electron chi connectivity index (χ0n) is 8.47. The predicted octanol–water partition coefficient (Wildman–Crippen LogP) is -0.454. The first kappa shape index (κ1) is 10.5. The third-order valence-corrected chi connectivity index (χ3v) is 2.96. The Morgan fingerprint density at radius 2 is 2.15 bits per heavy atom. The van der Waals surface area contributed by atoms with Gasteiger partial charge in [0.05, 0.1) is 0 Å². The fourth-order valence-corrected chi connectivity index (χ4v) is 2.14. The number of likely N-dealkylation sites (N-methyl/N-ethyl adjacent to an activating group) is 1. The Kier molecular flexibility index (Phi) is 3.27. The second-order valence-electron chi connectivity index (χ2n) is 3.49. The van der Waals surface area contributed by atoms with Gasteiger partial charge in [0.25, 0.3) is 0 Å². The van der Waals surface area contributed by atoms with Gasteiger partial charge in [-0.1, -0.05) is 13.8 Å². The van der Waals surface area contributed by atoms with Crippen LogP contribution >= 0.6 is 0 Å². The summed E-state index contributed by atoms with van der Waals surface area (Å²) in [5, 5.41) is 3.20. The summed E-state index contributed by atoms with van der Waals surface area (Å²) < 4.78 is 0. The number of hydrogen-bond acceptors (Lipinski definition) is 3. The van der Waals surface area contributed by atoms with Gasteiger partial charge in [0.2, 0.25) is 5.91 Å². The van der Waals surface area contributed by atoms with Gasteiger partial charge in [0.15, 0.2) is 0 Å². The highest BCUT2D eigenvalue weighted by Crippen LogP contribution is 2.22. The second kappa shape index (κ2) is 4.07. The molecule has 1 amide bonds. The van der Waals surface area contributed by atoms with Gasteiger partial charge in [-0.3, -0.25) is 9.69 Å². The van der Waals surface area contributed by atoms with Crippen LogP contribution < -0.4 is 11.1 Å². The minimum Gasteiger partial charge on any atom is -0.368 e. The summed E-state index contributed by atoms with van der Waals surface area (Å²) in [6, 6.07) is 0. The van der Waals surface area contributed by atoms with E-state index in [1.807, 2.05) is 0 Å². The van der Waals surface area contributed by atoms with Crippen molar-refractivity contribution in [1.29, 1.82) is 0 Å². The zero-order chi connectivity index (χ0) is 9.90. The second-order valence-corrected chi connectivity index (χ2v) is 3.49. The Balaban J connectivity index is 2.82. The molecular formula is C9H19N3O. The maximum absolute atomic E-state index is 11.4. The van der Waals surface area contributed by atoms with E-state index in [0.29, 0.717) is 6.54 Å². The van der Waals surface area contributed by atoms with E-state index in [2.05, 4.69) is 24.1 Å². The SMILES string of the molecule is CCN(CC)C1(C(N)=O)CCNC1. The van der Waals surface area contributed by atoms with E-state index < -0.39 is 5.54 Å². The van der Waals surface area contributed by atoms with Gasteiger partial charge in [0.1, 0.15) is 5.54 Å². The van der Waals surface area contributed by atoms with Gasteiger partial charge in [-0.05, 0) is 26.1 Å². The predicted molar refractivity (Wildman–Crippen MR) is 52.3 cm³/mol. The van der Waals surface area contributed by atoms with E-state index >= 15 is 0 Å². The van der Waals surface area contributed by atoms with Crippen LogP contribution in [-0.2, 0) is 4.79 Å². The number of carbonyl (C=O) groups is 1. The van der Waals surface area contributed by atoms with Crippen LogP contribution in [0.2, 0.25) is 0 Å². The van der Waals surface area contributed by atoms with Crippen LogP contribution in [0.15, 0.2) is 0 Å². The molecule has 4 heteroatoms. The molecule has 76 valence electrons. The molecule has 1 unspecified atom stereocenters. The maximum atomic E-state index is 11.4. The van der Waals surface area contributed by atoms with Gasteiger partial charge in [-0.25, -0.2) is 0 Å². The summed E-state index contributed by atoms with van der Waals surface area (Å²) in [6.45, 7) is 7.46. The number of primary amides is 1. The Morgan fingerprint density at radius 1 is 1.54 bits per heavy atom. The van der Waals surface area contributed by atoms with Crippen molar-refractivity contribution in [3.8, 4) is 0 Å². The number of amides is 1. The van der Waals surface area contributed by atoms with Crippen LogP contribution in [0.3, 0.4) is 0 Å². The molecule has 1 aliphatic rings. The molecule has 3 N–H and O–H groups in total. The molecule has 1 heterocycles. The first-order valence-electron chi connectivity index (χ1n) is 4.93. The molecule has 0 aromatic rings. The van der Waals surface area contributed by atoms with Crippen molar-refractivity contribution in [2.75, 3.05) is 26.2 Å². The Labute approximate surface area is 79.5 Å². The molecule has 1 atom stereocenters. The van der Waals surface area contributed by atoms with E-state index in [9.17, 15) is 4.79 Å². The fraction of sp³-hybridized carbons (Fsp3) is 0.889. The number of nitrogens with one attached hydrogen (secondary N) is 1. The molecule has 1 aliphatic heterocycles. The topological polar surface area (TPSA) is 58.4 Å². The normalized spacial score (nSPS) is 28.2. The Bertz CT molecular complexity index is 183. The average molecular weight is 185 g/mol. The quantitative estimate of drug-likeness (QED) is 0.623. The first-order valence-corrected chi connectivity index (χ1v) is 4.93. The van der Waals surface area contributed by atoms with Crippen LogP contribution in [0.5, 0.6) is 0 Å². The average Bonchev–Trinajstić information content (AvgIpc) is 2.56. The molecule has 1 rings (SSSR count). The molecule has 1 fully saturated rings. The lowest BCUT2D eigenvalue weighted by Gasteiger charge is -2.36. The summed E-state index contributed by atoms with van der Waals surface area (Å²) in [5.41, 5.74) is 5.04. The smallest absolute Gasteiger partial charge is 0.239 e. The van der Waals surface area contributed by atoms with Crippen molar-refractivity contribution in [1.82, 2.24) is 10.2 Å². The van der Waals surface area contributed by atoms with Crippen molar-refractivity contribution < 1.29 is 4.79 Å². The number of nitrogens with zero attached hydrogens (tertiary/aromatic N) is 1. The van der Waals surface area contributed by atoms with E-state index in [1.165, 1.54) is 0 Å². The molecule has 4 nitrogen and oxygen atoms in total. The molecule has 0 spiro atoms. The third-order valence-electron chi connectivity index (χ3n) is 2.96. The van der Waals surface area contributed by atoms with Crippen molar-refractivity contribution in [3.05, 3.63) is 0 Å². The summed E-state index contributed by atoms with van der Waals surface area (Å²) in [4.78, 5) is 13.6. The highest BCUT2D eigenvalue weighted by Gasteiger charge is 2.43. The monoisotopic (exact) mass is 185 g/mol. The van der Waals surface area contributed by atoms with Crippen molar-refractivity contribution >= 4 is 5.91 Å². The van der Waals surface area contributed by atoms with Gasteiger partial charge in [0, 0.05) is 6.54 Å². The number of hydrogen-bond donors (Lipinski definition) is 2. The van der Waals surface area contributed by atoms with Crippen molar-refractivity contribution in [3.63, 3.8) is 0 Å². The lowest BCUT2D eigenvalue weighted by molar-refractivity contribution is -0.129. The molecule has 13 heavy (non-hydrogen) atoms. The van der Waals surface area contributed by atoms with Crippen LogP contribution in [0.4, 0.5) is 0 Å². The summed E-state index contributed by atoms with van der Waals surface area (Å²) in [6.07, 6.45) is 0.837. The van der Waals surface area contributed by atoms with E-state index in [4.69, 9.17) is 5.73 Å². The molecule has 0 aliphatic carbocycles. The third kappa shape index (κ3) is 1.69. The number of nitrogens with two attached hydrogens (primary N) is 1. The number of rotatable bonds is 4. The zero-order valence-corrected chi connectivity index (χ0v) is 8.47. The molecule has 1 saturated heterocycles. The van der Waals surface area contributed by atoms with Crippen molar-refractivity contribution in [2.24, 2.45) is 5.73 Å². The van der Waals surface area contributed by atoms with Crippen molar-refractivity contribution in [2.45, 2.75) is 25.8 Å². The molecule has 0 aromatic carbocycles. The maximum Gasteiger partial charge on any atom is 0.239 e. The summed E-state index contributed by atoms with van der Waals surface area (Å²) in [5.74, 6) is -0.193. The van der Waals surface area contributed by atoms with Gasteiger partial charge >= 0.3 is 0 Å². The Hall–Kier alpha value is -0.610.